The van der Waals surface area contributed by atoms with Gasteiger partial charge < -0.3 is 5.32 Å². The lowest BCUT2D eigenvalue weighted by molar-refractivity contribution is 0.0934. The van der Waals surface area contributed by atoms with Gasteiger partial charge in [-0.1, -0.05) is 19.1 Å². The number of benzene rings is 1. The first kappa shape index (κ1) is 14.0. The molecule has 1 atom stereocenters. The minimum atomic E-state index is 0.00293. The molecule has 0 spiro atoms. The van der Waals surface area contributed by atoms with Gasteiger partial charge in [0.1, 0.15) is 0 Å². The highest BCUT2D eigenvalue weighted by Gasteiger charge is 2.13. The molecule has 1 N–H and O–H groups in total. The molecule has 3 heteroatoms. The summed E-state index contributed by atoms with van der Waals surface area (Å²) in [4.78, 5) is 12.1. The van der Waals surface area contributed by atoms with Crippen molar-refractivity contribution < 1.29 is 4.79 Å². The van der Waals surface area contributed by atoms with Gasteiger partial charge in [0.2, 0.25) is 0 Å². The number of carbonyl (C=O) groups is 1. The Kier molecular flexibility index (Phi) is 5.49. The van der Waals surface area contributed by atoms with E-state index < -0.39 is 0 Å². The molecule has 1 amide bonds. The van der Waals surface area contributed by atoms with Crippen LogP contribution in [0.1, 0.15) is 41.3 Å². The minimum absolute atomic E-state index is 0.00293. The second-order valence-corrected chi connectivity index (χ2v) is 4.68. The van der Waals surface area contributed by atoms with Crippen LogP contribution in [0.15, 0.2) is 18.2 Å². The number of aryl methyl sites for hydroxylation is 1. The zero-order valence-electron chi connectivity index (χ0n) is 10.7. The summed E-state index contributed by atoms with van der Waals surface area (Å²) in [6, 6.07) is 5.97. The molecule has 0 saturated carbocycles. The number of rotatable bonds is 5. The lowest BCUT2D eigenvalue weighted by atomic mass is 10.0. The molecule has 1 unspecified atom stereocenters. The summed E-state index contributed by atoms with van der Waals surface area (Å²) in [6.45, 7) is 6.05. The summed E-state index contributed by atoms with van der Waals surface area (Å²) in [7, 11) is 0. The zero-order valence-corrected chi connectivity index (χ0v) is 11.5. The third-order valence-corrected chi connectivity index (χ3v) is 3.35. The number of hydrogen-bond donors (Lipinski definition) is 1. The van der Waals surface area contributed by atoms with E-state index >= 15 is 0 Å². The van der Waals surface area contributed by atoms with Crippen molar-refractivity contribution >= 4 is 17.5 Å². The number of nitrogens with one attached hydrogen (secondary N) is 1. The fraction of sp³-hybridized carbons (Fsp3) is 0.500. The largest absolute Gasteiger partial charge is 0.349 e. The molecule has 0 aliphatic heterocycles. The van der Waals surface area contributed by atoms with Crippen molar-refractivity contribution in [3.8, 4) is 0 Å². The Labute approximate surface area is 108 Å². The summed E-state index contributed by atoms with van der Waals surface area (Å²) in [5.41, 5.74) is 2.95. The van der Waals surface area contributed by atoms with Crippen LogP contribution in [0.2, 0.25) is 0 Å². The van der Waals surface area contributed by atoms with Crippen LogP contribution in [0.5, 0.6) is 0 Å². The van der Waals surface area contributed by atoms with E-state index in [4.69, 9.17) is 11.6 Å². The van der Waals surface area contributed by atoms with E-state index in [9.17, 15) is 4.79 Å². The molecule has 94 valence electrons. The molecule has 0 aliphatic carbocycles. The topological polar surface area (TPSA) is 29.1 Å². The van der Waals surface area contributed by atoms with E-state index in [2.05, 4.69) is 12.2 Å². The number of carbonyl (C=O) groups excluding carboxylic acids is 1. The molecule has 1 rings (SSSR count). The van der Waals surface area contributed by atoms with Crippen molar-refractivity contribution in [2.45, 2.75) is 39.7 Å². The van der Waals surface area contributed by atoms with Gasteiger partial charge in [-0.25, -0.2) is 0 Å². The number of hydrogen-bond acceptors (Lipinski definition) is 1. The molecule has 0 aliphatic rings. The Hall–Kier alpha value is -1.02. The average Bonchev–Trinajstić information content (AvgIpc) is 2.31. The predicted octanol–water partition coefficient (Wildman–Crippen LogP) is 3.44. The van der Waals surface area contributed by atoms with Crippen LogP contribution in [0.4, 0.5) is 0 Å². The maximum atomic E-state index is 12.1. The highest BCUT2D eigenvalue weighted by molar-refractivity contribution is 6.17. The average molecular weight is 254 g/mol. The van der Waals surface area contributed by atoms with E-state index in [0.717, 1.165) is 29.5 Å². The van der Waals surface area contributed by atoms with Gasteiger partial charge in [0, 0.05) is 17.5 Å². The molecular weight excluding hydrogens is 234 g/mol. The third kappa shape index (κ3) is 3.74. The normalized spacial score (nSPS) is 12.2. The van der Waals surface area contributed by atoms with Gasteiger partial charge in [-0.05, 0) is 43.9 Å². The van der Waals surface area contributed by atoms with Gasteiger partial charge >= 0.3 is 0 Å². The van der Waals surface area contributed by atoms with Gasteiger partial charge in [-0.2, -0.15) is 0 Å². The van der Waals surface area contributed by atoms with Crippen LogP contribution in [-0.4, -0.2) is 17.8 Å². The second-order valence-electron chi connectivity index (χ2n) is 4.30. The van der Waals surface area contributed by atoms with Crippen molar-refractivity contribution in [1.82, 2.24) is 5.32 Å². The Morgan fingerprint density at radius 3 is 2.71 bits per heavy atom. The SMILES string of the molecule is CCC(CCCl)NC(=O)c1cccc(C)c1C. The molecule has 0 bridgehead atoms. The Balaban J connectivity index is 2.79. The van der Waals surface area contributed by atoms with Crippen LogP contribution < -0.4 is 5.32 Å². The molecule has 1 aromatic rings. The lowest BCUT2D eigenvalue weighted by Gasteiger charge is -2.17. The minimum Gasteiger partial charge on any atom is -0.349 e. The molecule has 0 heterocycles. The summed E-state index contributed by atoms with van der Waals surface area (Å²) < 4.78 is 0. The molecule has 0 radical (unpaired) electrons. The smallest absolute Gasteiger partial charge is 0.251 e. The van der Waals surface area contributed by atoms with Gasteiger partial charge in [-0.3, -0.25) is 4.79 Å². The number of alkyl halides is 1. The highest BCUT2D eigenvalue weighted by atomic mass is 35.5. The van der Waals surface area contributed by atoms with Crippen LogP contribution in [0.3, 0.4) is 0 Å². The van der Waals surface area contributed by atoms with E-state index in [0.29, 0.717) is 5.88 Å². The molecule has 0 fully saturated rings. The van der Waals surface area contributed by atoms with Gasteiger partial charge in [-0.15, -0.1) is 11.6 Å². The quantitative estimate of drug-likeness (QED) is 0.801. The molecule has 1 aromatic carbocycles. The van der Waals surface area contributed by atoms with Crippen molar-refractivity contribution in [3.63, 3.8) is 0 Å². The lowest BCUT2D eigenvalue weighted by Crippen LogP contribution is -2.35. The van der Waals surface area contributed by atoms with Crippen molar-refractivity contribution in [2.75, 3.05) is 5.88 Å². The maximum absolute atomic E-state index is 12.1. The Bertz CT molecular complexity index is 390. The van der Waals surface area contributed by atoms with Gasteiger partial charge in [0.05, 0.1) is 0 Å². The summed E-state index contributed by atoms with van der Waals surface area (Å²) in [6.07, 6.45) is 1.72. The monoisotopic (exact) mass is 253 g/mol. The number of halogens is 1. The first-order valence-electron chi connectivity index (χ1n) is 6.03. The number of amides is 1. The zero-order chi connectivity index (χ0) is 12.8. The molecule has 0 saturated heterocycles. The predicted molar refractivity (Wildman–Crippen MR) is 72.8 cm³/mol. The summed E-state index contributed by atoms with van der Waals surface area (Å²) in [5.74, 6) is 0.578. The summed E-state index contributed by atoms with van der Waals surface area (Å²) >= 11 is 5.71. The molecule has 17 heavy (non-hydrogen) atoms. The van der Waals surface area contributed by atoms with E-state index in [1.807, 2.05) is 32.0 Å². The van der Waals surface area contributed by atoms with Crippen molar-refractivity contribution in [2.24, 2.45) is 0 Å². The standard InChI is InChI=1S/C14H20ClNO/c1-4-12(8-9-15)16-14(17)13-7-5-6-10(2)11(13)3/h5-7,12H,4,8-9H2,1-3H3,(H,16,17). The van der Waals surface area contributed by atoms with Gasteiger partial charge in [0.25, 0.3) is 5.91 Å². The Morgan fingerprint density at radius 1 is 1.41 bits per heavy atom. The highest BCUT2D eigenvalue weighted by Crippen LogP contribution is 2.13. The van der Waals surface area contributed by atoms with Crippen LogP contribution in [0.25, 0.3) is 0 Å². The van der Waals surface area contributed by atoms with E-state index in [-0.39, 0.29) is 11.9 Å². The second kappa shape index (κ2) is 6.65. The van der Waals surface area contributed by atoms with E-state index in [1.54, 1.807) is 0 Å². The molecule has 0 aromatic heterocycles. The maximum Gasteiger partial charge on any atom is 0.251 e. The van der Waals surface area contributed by atoms with Crippen molar-refractivity contribution in [3.05, 3.63) is 34.9 Å². The summed E-state index contributed by atoms with van der Waals surface area (Å²) in [5, 5.41) is 3.03. The Morgan fingerprint density at radius 2 is 2.12 bits per heavy atom. The van der Waals surface area contributed by atoms with Crippen LogP contribution >= 0.6 is 11.6 Å². The fourth-order valence-electron chi connectivity index (χ4n) is 1.77. The molecule has 2 nitrogen and oxygen atoms in total. The first-order chi connectivity index (χ1) is 8.10. The van der Waals surface area contributed by atoms with Crippen LogP contribution in [0, 0.1) is 13.8 Å². The third-order valence-electron chi connectivity index (χ3n) is 3.13. The van der Waals surface area contributed by atoms with Gasteiger partial charge in [0.15, 0.2) is 0 Å². The van der Waals surface area contributed by atoms with Crippen molar-refractivity contribution in [1.29, 1.82) is 0 Å². The molecular formula is C14H20ClNO. The van der Waals surface area contributed by atoms with E-state index in [1.165, 1.54) is 0 Å². The fourth-order valence-corrected chi connectivity index (χ4v) is 2.03. The first-order valence-corrected chi connectivity index (χ1v) is 6.56. The van der Waals surface area contributed by atoms with Crippen LogP contribution in [-0.2, 0) is 0 Å².